The van der Waals surface area contributed by atoms with E-state index in [4.69, 9.17) is 0 Å². The van der Waals surface area contributed by atoms with Gasteiger partial charge in [0.25, 0.3) is 5.91 Å². The highest BCUT2D eigenvalue weighted by atomic mass is 32.2. The van der Waals surface area contributed by atoms with Gasteiger partial charge in [0.1, 0.15) is 17.1 Å². The van der Waals surface area contributed by atoms with Crippen LogP contribution in [0.4, 0.5) is 0 Å². The van der Waals surface area contributed by atoms with Gasteiger partial charge in [-0.05, 0) is 23.8 Å². The molecule has 0 aliphatic carbocycles. The number of carboxylic acids is 1. The number of rotatable bonds is 8. The Morgan fingerprint density at radius 1 is 1.28 bits per heavy atom. The summed E-state index contributed by atoms with van der Waals surface area (Å²) in [6.45, 7) is 3.14. The number of amides is 2. The van der Waals surface area contributed by atoms with Crippen LogP contribution >= 0.6 is 23.5 Å². The Kier molecular flexibility index (Phi) is 6.97. The fourth-order valence-electron chi connectivity index (χ4n) is 4.38. The van der Waals surface area contributed by atoms with Gasteiger partial charge >= 0.3 is 5.97 Å². The van der Waals surface area contributed by atoms with E-state index in [9.17, 15) is 19.5 Å². The molecule has 9 heteroatoms. The number of carbonyl (C=O) groups is 3. The van der Waals surface area contributed by atoms with Crippen molar-refractivity contribution in [1.82, 2.24) is 10.2 Å². The summed E-state index contributed by atoms with van der Waals surface area (Å²) in [5.74, 6) is -0.984. The van der Waals surface area contributed by atoms with E-state index in [1.54, 1.807) is 0 Å². The van der Waals surface area contributed by atoms with E-state index in [1.165, 1.54) is 41.3 Å². The molecule has 32 heavy (non-hydrogen) atoms. The Labute approximate surface area is 196 Å². The van der Waals surface area contributed by atoms with Crippen LogP contribution in [0.25, 0.3) is 0 Å². The summed E-state index contributed by atoms with van der Waals surface area (Å²) in [6.07, 6.45) is 6.35. The van der Waals surface area contributed by atoms with E-state index >= 15 is 0 Å². The number of fused-ring (bicyclic) bond motifs is 1. The van der Waals surface area contributed by atoms with Crippen LogP contribution in [0.2, 0.25) is 0 Å². The normalized spacial score (nSPS) is 24.4. The number of nitrogens with one attached hydrogen (secondary N) is 1. The maximum Gasteiger partial charge on any atom is 0.352 e. The quantitative estimate of drug-likeness (QED) is 0.342. The highest BCUT2D eigenvalue weighted by Gasteiger charge is 2.53. The van der Waals surface area contributed by atoms with Crippen LogP contribution in [-0.4, -0.2) is 81.9 Å². The highest BCUT2D eigenvalue weighted by molar-refractivity contribution is 8.00. The molecule has 2 fully saturated rings. The van der Waals surface area contributed by atoms with Crippen molar-refractivity contribution in [2.45, 2.75) is 29.2 Å². The van der Waals surface area contributed by atoms with E-state index in [1.807, 2.05) is 42.5 Å². The molecular formula is C23H28N3O4S2+. The number of nitrogens with zero attached hydrogens (tertiary/aromatic N) is 2. The zero-order chi connectivity index (χ0) is 22.7. The number of hydrogen-bond acceptors (Lipinski definition) is 5. The van der Waals surface area contributed by atoms with Crippen LogP contribution in [0.1, 0.15) is 12.8 Å². The number of thioether (sulfide) groups is 2. The maximum atomic E-state index is 12.8. The summed E-state index contributed by atoms with van der Waals surface area (Å²) in [4.78, 5) is 39.4. The Balaban J connectivity index is 1.38. The molecule has 0 saturated carbocycles. The fraction of sp³-hybridized carbons (Fsp3) is 0.435. The van der Waals surface area contributed by atoms with Crippen molar-refractivity contribution in [3.63, 3.8) is 0 Å². The van der Waals surface area contributed by atoms with E-state index < -0.39 is 12.0 Å². The molecule has 7 nitrogen and oxygen atoms in total. The standard InChI is InChI=1S/C23H27N3O4S2/c1-26(11-5-6-12-26)13-7-8-16-14-32-22-19(21(28)25(22)20(16)23(29)30)24-18(27)15-31-17-9-3-2-4-10-17/h2-4,7-10,19,22H,5-6,11-15H2,1H3,(H-,24,27,29,30)/p+1/t19-,22-/m1/s1. The lowest BCUT2D eigenvalue weighted by molar-refractivity contribution is -0.891. The number of benzene rings is 1. The topological polar surface area (TPSA) is 86.7 Å². The molecule has 0 unspecified atom stereocenters. The van der Waals surface area contributed by atoms with Crippen LogP contribution in [0.15, 0.2) is 58.6 Å². The van der Waals surface area contributed by atoms with Crippen LogP contribution in [-0.2, 0) is 14.4 Å². The second-order valence-corrected chi connectivity index (χ2v) is 10.7. The van der Waals surface area contributed by atoms with Crippen molar-refractivity contribution in [3.8, 4) is 0 Å². The van der Waals surface area contributed by atoms with Crippen LogP contribution < -0.4 is 5.32 Å². The number of hydrogen-bond donors (Lipinski definition) is 2. The lowest BCUT2D eigenvalue weighted by Gasteiger charge is -2.49. The number of carboxylic acid groups (broad SMARTS) is 1. The fourth-order valence-corrected chi connectivity index (χ4v) is 6.43. The lowest BCUT2D eigenvalue weighted by Crippen LogP contribution is -2.70. The number of β-lactam (4-membered cyclic amide) rings is 1. The Morgan fingerprint density at radius 2 is 2.00 bits per heavy atom. The molecule has 2 amide bonds. The second-order valence-electron chi connectivity index (χ2n) is 8.59. The number of aliphatic carboxylic acids is 1. The molecule has 4 rings (SSSR count). The third-order valence-corrected chi connectivity index (χ3v) is 8.46. The van der Waals surface area contributed by atoms with Gasteiger partial charge in [0.15, 0.2) is 0 Å². The number of likely N-dealkylation sites (N-methyl/N-ethyl adjacent to an activating group) is 1. The average Bonchev–Trinajstić information content (AvgIpc) is 3.22. The maximum absolute atomic E-state index is 12.8. The number of likely N-dealkylation sites (tertiary alicyclic amines) is 1. The summed E-state index contributed by atoms with van der Waals surface area (Å²) in [7, 11) is 2.22. The molecule has 3 heterocycles. The van der Waals surface area contributed by atoms with Crippen molar-refractivity contribution < 1.29 is 24.0 Å². The molecular weight excluding hydrogens is 446 g/mol. The van der Waals surface area contributed by atoms with Gasteiger partial charge in [0.05, 0.1) is 32.4 Å². The SMILES string of the molecule is C[N+]1(CC=CC2=C(C(=O)O)N3C(=O)[C@@H](NC(=O)CSc4ccccc4)[C@H]3SC2)CCCC1. The van der Waals surface area contributed by atoms with E-state index in [-0.39, 0.29) is 28.6 Å². The summed E-state index contributed by atoms with van der Waals surface area (Å²) in [5.41, 5.74) is 0.700. The zero-order valence-corrected chi connectivity index (χ0v) is 19.7. The number of quaternary nitrogens is 1. The van der Waals surface area contributed by atoms with Gasteiger partial charge in [-0.2, -0.15) is 0 Å². The summed E-state index contributed by atoms with van der Waals surface area (Å²) >= 11 is 2.90. The molecule has 3 aliphatic rings. The third kappa shape index (κ3) is 4.89. The molecule has 1 aromatic carbocycles. The number of allylic oxidation sites excluding steroid dienone is 1. The van der Waals surface area contributed by atoms with E-state index in [0.717, 1.165) is 29.0 Å². The first-order chi connectivity index (χ1) is 15.4. The Hall–Kier alpha value is -2.23. The van der Waals surface area contributed by atoms with Crippen molar-refractivity contribution in [1.29, 1.82) is 0 Å². The molecule has 2 N–H and O–H groups in total. The van der Waals surface area contributed by atoms with Crippen molar-refractivity contribution in [2.24, 2.45) is 0 Å². The molecule has 1 aromatic rings. The molecule has 2 atom stereocenters. The molecule has 170 valence electrons. The van der Waals surface area contributed by atoms with Crippen LogP contribution in [0.5, 0.6) is 0 Å². The average molecular weight is 475 g/mol. The minimum Gasteiger partial charge on any atom is -0.477 e. The molecule has 0 bridgehead atoms. The minimum atomic E-state index is -1.10. The summed E-state index contributed by atoms with van der Waals surface area (Å²) < 4.78 is 0.972. The zero-order valence-electron chi connectivity index (χ0n) is 18.0. The van der Waals surface area contributed by atoms with Crippen LogP contribution in [0.3, 0.4) is 0 Å². The smallest absolute Gasteiger partial charge is 0.352 e. The van der Waals surface area contributed by atoms with Crippen molar-refractivity contribution >= 4 is 41.3 Å². The van der Waals surface area contributed by atoms with Gasteiger partial charge in [-0.3, -0.25) is 14.5 Å². The van der Waals surface area contributed by atoms with Gasteiger partial charge in [-0.25, -0.2) is 4.79 Å². The highest BCUT2D eigenvalue weighted by Crippen LogP contribution is 2.40. The molecule has 0 spiro atoms. The first-order valence-corrected chi connectivity index (χ1v) is 12.8. The third-order valence-electron chi connectivity index (χ3n) is 6.14. The first kappa shape index (κ1) is 22.9. The van der Waals surface area contributed by atoms with Crippen molar-refractivity contribution in [3.05, 3.63) is 53.8 Å². The monoisotopic (exact) mass is 474 g/mol. The first-order valence-electron chi connectivity index (χ1n) is 10.8. The van der Waals surface area contributed by atoms with E-state index in [0.29, 0.717) is 11.3 Å². The van der Waals surface area contributed by atoms with Gasteiger partial charge < -0.3 is 14.9 Å². The second kappa shape index (κ2) is 9.72. The van der Waals surface area contributed by atoms with E-state index in [2.05, 4.69) is 12.4 Å². The van der Waals surface area contributed by atoms with Gasteiger partial charge in [0, 0.05) is 23.5 Å². The predicted octanol–water partition coefficient (Wildman–Crippen LogP) is 2.31. The lowest BCUT2D eigenvalue weighted by atomic mass is 10.0. The van der Waals surface area contributed by atoms with Crippen LogP contribution in [0, 0.1) is 0 Å². The minimum absolute atomic E-state index is 0.0447. The molecule has 0 radical (unpaired) electrons. The van der Waals surface area contributed by atoms with Crippen molar-refractivity contribution in [2.75, 3.05) is 38.2 Å². The molecule has 3 aliphatic heterocycles. The largest absolute Gasteiger partial charge is 0.477 e. The van der Waals surface area contributed by atoms with Gasteiger partial charge in [0.2, 0.25) is 5.91 Å². The Morgan fingerprint density at radius 3 is 2.69 bits per heavy atom. The summed E-state index contributed by atoms with van der Waals surface area (Å²) in [5, 5.41) is 12.2. The Bertz CT molecular complexity index is 957. The molecule has 0 aromatic heterocycles. The molecule has 2 saturated heterocycles. The van der Waals surface area contributed by atoms with Gasteiger partial charge in [-0.1, -0.05) is 24.3 Å². The number of carbonyl (C=O) groups excluding carboxylic acids is 2. The van der Waals surface area contributed by atoms with Gasteiger partial charge in [-0.15, -0.1) is 23.5 Å². The predicted molar refractivity (Wildman–Crippen MR) is 126 cm³/mol. The summed E-state index contributed by atoms with van der Waals surface area (Å²) in [6, 6.07) is 8.90.